The first-order chi connectivity index (χ1) is 13.5. The van der Waals surface area contributed by atoms with Gasteiger partial charge in [-0.25, -0.2) is 0 Å². The summed E-state index contributed by atoms with van der Waals surface area (Å²) in [5.41, 5.74) is 3.07. The largest absolute Gasteiger partial charge is 0.381 e. The van der Waals surface area contributed by atoms with E-state index in [-0.39, 0.29) is 10.2 Å². The van der Waals surface area contributed by atoms with Crippen LogP contribution in [0.5, 0.6) is 0 Å². The van der Waals surface area contributed by atoms with Crippen molar-refractivity contribution in [3.8, 4) is 0 Å². The molecule has 0 amide bonds. The van der Waals surface area contributed by atoms with E-state index in [0.29, 0.717) is 12.0 Å². The molecule has 0 aromatic heterocycles. The molecule has 1 unspecified atom stereocenters. The van der Waals surface area contributed by atoms with Gasteiger partial charge in [0.25, 0.3) is 0 Å². The van der Waals surface area contributed by atoms with Crippen LogP contribution in [0.4, 0.5) is 5.69 Å². The summed E-state index contributed by atoms with van der Waals surface area (Å²) in [5.74, 6) is 0.686. The molecule has 1 N–H and O–H groups in total. The topological polar surface area (TPSA) is 12.0 Å². The minimum absolute atomic E-state index is 0.202. The van der Waals surface area contributed by atoms with Gasteiger partial charge >= 0.3 is 0 Å². The second-order valence-electron chi connectivity index (χ2n) is 9.40. The van der Waals surface area contributed by atoms with Crippen molar-refractivity contribution in [1.29, 1.82) is 0 Å². The monoisotopic (exact) mass is 387 g/mol. The fourth-order valence-corrected chi connectivity index (χ4v) is 6.95. The van der Waals surface area contributed by atoms with Gasteiger partial charge in [0.05, 0.1) is 0 Å². The Bertz CT molecular complexity index is 1010. The van der Waals surface area contributed by atoms with Gasteiger partial charge in [-0.15, -0.1) is 11.8 Å². The van der Waals surface area contributed by atoms with Gasteiger partial charge in [-0.05, 0) is 53.7 Å². The van der Waals surface area contributed by atoms with Crippen LogP contribution in [-0.4, -0.2) is 10.8 Å². The van der Waals surface area contributed by atoms with E-state index in [9.17, 15) is 0 Å². The quantitative estimate of drug-likeness (QED) is 0.496. The molecule has 1 saturated carbocycles. The van der Waals surface area contributed by atoms with Crippen molar-refractivity contribution in [3.05, 3.63) is 72.3 Å². The van der Waals surface area contributed by atoms with Crippen LogP contribution in [0.1, 0.15) is 45.6 Å². The maximum atomic E-state index is 4.03. The van der Waals surface area contributed by atoms with Crippen LogP contribution in [0.3, 0.4) is 0 Å². The molecule has 0 bridgehead atoms. The molecule has 0 saturated heterocycles. The number of hydrogen-bond donors (Lipinski definition) is 1. The Morgan fingerprint density at radius 2 is 1.64 bits per heavy atom. The maximum absolute atomic E-state index is 4.03. The average Bonchev–Trinajstić information content (AvgIpc) is 2.68. The summed E-state index contributed by atoms with van der Waals surface area (Å²) in [6.45, 7) is 7.40. The Kier molecular flexibility index (Phi) is 4.24. The number of hydrogen-bond acceptors (Lipinski definition) is 2. The SMILES string of the molecule is CC1(Sc2ccccc2)CC[C@@H]2[C@H](C1)Nc1c(ccc3ccccc13)C2(C)C. The van der Waals surface area contributed by atoms with Gasteiger partial charge < -0.3 is 5.32 Å². The second-order valence-corrected chi connectivity index (χ2v) is 11.1. The molecule has 3 aromatic rings. The van der Waals surface area contributed by atoms with Crippen molar-refractivity contribution < 1.29 is 0 Å². The van der Waals surface area contributed by atoms with E-state index in [1.54, 1.807) is 0 Å². The van der Waals surface area contributed by atoms with E-state index in [2.05, 4.69) is 105 Å². The van der Waals surface area contributed by atoms with E-state index >= 15 is 0 Å². The molecule has 2 aliphatic rings. The van der Waals surface area contributed by atoms with Crippen molar-refractivity contribution in [2.45, 2.75) is 61.1 Å². The molecule has 0 spiro atoms. The third kappa shape index (κ3) is 2.93. The van der Waals surface area contributed by atoms with E-state index in [4.69, 9.17) is 0 Å². The Hall–Kier alpha value is -1.93. The first-order valence-corrected chi connectivity index (χ1v) is 11.3. The summed E-state index contributed by atoms with van der Waals surface area (Å²) in [4.78, 5) is 1.39. The lowest BCUT2D eigenvalue weighted by Crippen LogP contribution is -2.52. The molecule has 144 valence electrons. The van der Waals surface area contributed by atoms with Crippen LogP contribution in [0.15, 0.2) is 71.6 Å². The van der Waals surface area contributed by atoms with E-state index in [1.807, 2.05) is 0 Å². The van der Waals surface area contributed by atoms with Crippen LogP contribution in [0.2, 0.25) is 0 Å². The number of rotatable bonds is 2. The Morgan fingerprint density at radius 1 is 0.893 bits per heavy atom. The Morgan fingerprint density at radius 3 is 2.46 bits per heavy atom. The first kappa shape index (κ1) is 18.1. The summed E-state index contributed by atoms with van der Waals surface area (Å²) >= 11 is 2.07. The van der Waals surface area contributed by atoms with E-state index in [0.717, 1.165) is 0 Å². The summed E-state index contributed by atoms with van der Waals surface area (Å²) in [6.07, 6.45) is 3.78. The van der Waals surface area contributed by atoms with Crippen molar-refractivity contribution in [2.75, 3.05) is 5.32 Å². The predicted octanol–water partition coefficient (Wildman–Crippen LogP) is 7.26. The Labute approximate surface area is 172 Å². The molecule has 1 aliphatic heterocycles. The summed E-state index contributed by atoms with van der Waals surface area (Å²) < 4.78 is 0.285. The Balaban J connectivity index is 1.51. The van der Waals surface area contributed by atoms with Gasteiger partial charge in [-0.1, -0.05) is 75.4 Å². The zero-order valence-corrected chi connectivity index (χ0v) is 17.9. The average molecular weight is 388 g/mol. The molecule has 1 heterocycles. The van der Waals surface area contributed by atoms with Crippen molar-refractivity contribution in [3.63, 3.8) is 0 Å². The van der Waals surface area contributed by atoms with Crippen molar-refractivity contribution in [1.82, 2.24) is 0 Å². The first-order valence-electron chi connectivity index (χ1n) is 10.5. The number of thioether (sulfide) groups is 1. The third-order valence-corrected chi connectivity index (χ3v) is 8.48. The smallest absolute Gasteiger partial charge is 0.0460 e. The summed E-state index contributed by atoms with van der Waals surface area (Å²) in [5, 5.41) is 6.73. The maximum Gasteiger partial charge on any atom is 0.0460 e. The molecular formula is C26H29NS. The zero-order chi connectivity index (χ0) is 19.4. The second kappa shape index (κ2) is 6.56. The van der Waals surface area contributed by atoms with E-state index < -0.39 is 0 Å². The van der Waals surface area contributed by atoms with E-state index in [1.165, 1.54) is 46.2 Å². The number of anilines is 1. The van der Waals surface area contributed by atoms with Gasteiger partial charge in [0.1, 0.15) is 0 Å². The van der Waals surface area contributed by atoms with Gasteiger partial charge in [0.2, 0.25) is 0 Å². The third-order valence-electron chi connectivity index (χ3n) is 7.11. The van der Waals surface area contributed by atoms with Gasteiger partial charge in [-0.3, -0.25) is 0 Å². The predicted molar refractivity (Wildman–Crippen MR) is 122 cm³/mol. The lowest BCUT2D eigenvalue weighted by Gasteiger charge is -2.52. The van der Waals surface area contributed by atoms with Gasteiger partial charge in [0.15, 0.2) is 0 Å². The fourth-order valence-electron chi connectivity index (χ4n) is 5.60. The molecule has 28 heavy (non-hydrogen) atoms. The summed E-state index contributed by atoms with van der Waals surface area (Å²) in [6, 6.07) is 24.9. The van der Waals surface area contributed by atoms with Crippen LogP contribution in [0.25, 0.3) is 10.8 Å². The van der Waals surface area contributed by atoms with Crippen LogP contribution in [0, 0.1) is 5.92 Å². The molecule has 3 aromatic carbocycles. The number of nitrogens with one attached hydrogen (secondary N) is 1. The zero-order valence-electron chi connectivity index (χ0n) is 17.0. The number of benzene rings is 3. The van der Waals surface area contributed by atoms with Crippen molar-refractivity contribution in [2.24, 2.45) is 5.92 Å². The molecule has 0 radical (unpaired) electrons. The van der Waals surface area contributed by atoms with Crippen LogP contribution >= 0.6 is 11.8 Å². The van der Waals surface area contributed by atoms with Crippen LogP contribution in [-0.2, 0) is 5.41 Å². The van der Waals surface area contributed by atoms with Gasteiger partial charge in [-0.2, -0.15) is 0 Å². The van der Waals surface area contributed by atoms with Crippen LogP contribution < -0.4 is 5.32 Å². The van der Waals surface area contributed by atoms with Crippen molar-refractivity contribution >= 4 is 28.2 Å². The minimum Gasteiger partial charge on any atom is -0.381 e. The molecule has 5 rings (SSSR count). The molecule has 2 heteroatoms. The molecule has 1 aliphatic carbocycles. The molecule has 1 nitrogen and oxygen atoms in total. The summed E-state index contributed by atoms with van der Waals surface area (Å²) in [7, 11) is 0. The molecular weight excluding hydrogens is 358 g/mol. The highest BCUT2D eigenvalue weighted by Gasteiger charge is 2.48. The normalized spacial score (nSPS) is 28.2. The highest BCUT2D eigenvalue weighted by molar-refractivity contribution is 8.00. The highest BCUT2D eigenvalue weighted by Crippen LogP contribution is 2.54. The lowest BCUT2D eigenvalue weighted by atomic mass is 9.61. The highest BCUT2D eigenvalue weighted by atomic mass is 32.2. The standard InChI is InChI=1S/C26H29NS/c1-25(2)21-15-16-26(3,28-19-10-5-4-6-11-19)17-23(21)27-24-20-12-8-7-9-18(20)13-14-22(24)25/h4-14,21,23,27H,15-17H2,1-3H3/t21-,23+,26?/m1/s1. The fraction of sp³-hybridized carbons (Fsp3) is 0.385. The molecule has 3 atom stereocenters. The van der Waals surface area contributed by atoms with Gasteiger partial charge in [0, 0.05) is 26.8 Å². The minimum atomic E-state index is 0.202. The number of fused-ring (bicyclic) bond motifs is 4. The lowest BCUT2D eigenvalue weighted by molar-refractivity contribution is 0.186. The molecule has 1 fully saturated rings.